The largest absolute Gasteiger partial charge is 0.508 e. The third-order valence-corrected chi connectivity index (χ3v) is 3.06. The van der Waals surface area contributed by atoms with Crippen LogP contribution in [-0.2, 0) is 0 Å². The molecule has 3 heteroatoms. The average Bonchev–Trinajstić information content (AvgIpc) is 2.38. The topological polar surface area (TPSA) is 33.1 Å². The van der Waals surface area contributed by atoms with Gasteiger partial charge in [-0.15, -0.1) is 0 Å². The summed E-state index contributed by atoms with van der Waals surface area (Å²) < 4.78 is 0. The number of rotatable bonds is 1. The Hall–Kier alpha value is -2.06. The first-order valence-electron chi connectivity index (χ1n) is 5.57. The van der Waals surface area contributed by atoms with Crippen molar-refractivity contribution in [2.24, 2.45) is 0 Å². The molecule has 0 saturated heterocycles. The van der Waals surface area contributed by atoms with E-state index < -0.39 is 0 Å². The van der Waals surface area contributed by atoms with E-state index in [1.807, 2.05) is 36.5 Å². The molecule has 0 saturated carbocycles. The molecule has 0 fully saturated rings. The van der Waals surface area contributed by atoms with Crippen molar-refractivity contribution >= 4 is 22.5 Å². The molecule has 2 nitrogen and oxygen atoms in total. The van der Waals surface area contributed by atoms with Crippen LogP contribution in [0.1, 0.15) is 0 Å². The average molecular weight is 256 g/mol. The van der Waals surface area contributed by atoms with Gasteiger partial charge in [-0.1, -0.05) is 23.7 Å². The Kier molecular flexibility index (Phi) is 2.65. The molecule has 1 aromatic heterocycles. The number of phenolic OH excluding ortho intramolecular Hbond substituents is 1. The summed E-state index contributed by atoms with van der Waals surface area (Å²) >= 11 is 5.98. The smallest absolute Gasteiger partial charge is 0.116 e. The van der Waals surface area contributed by atoms with Crippen LogP contribution in [0.2, 0.25) is 5.02 Å². The van der Waals surface area contributed by atoms with E-state index >= 15 is 0 Å². The SMILES string of the molecule is Oc1ccc2ncc(-c3cccc(Cl)c3)cc2c1. The van der Waals surface area contributed by atoms with Crippen molar-refractivity contribution in [3.8, 4) is 16.9 Å². The highest BCUT2D eigenvalue weighted by Gasteiger charge is 2.02. The Bertz CT molecular complexity index is 725. The first-order valence-corrected chi connectivity index (χ1v) is 5.95. The Morgan fingerprint density at radius 1 is 0.944 bits per heavy atom. The van der Waals surface area contributed by atoms with Crippen LogP contribution in [0.5, 0.6) is 5.75 Å². The summed E-state index contributed by atoms with van der Waals surface area (Å²) in [4.78, 5) is 4.37. The highest BCUT2D eigenvalue weighted by atomic mass is 35.5. The van der Waals surface area contributed by atoms with Crippen LogP contribution in [0.3, 0.4) is 0 Å². The third-order valence-electron chi connectivity index (χ3n) is 2.82. The molecule has 0 bridgehead atoms. The summed E-state index contributed by atoms with van der Waals surface area (Å²) in [6.45, 7) is 0. The summed E-state index contributed by atoms with van der Waals surface area (Å²) in [5, 5.41) is 11.1. The first-order chi connectivity index (χ1) is 8.72. The molecule has 1 heterocycles. The van der Waals surface area contributed by atoms with Crippen molar-refractivity contribution in [3.05, 3.63) is 59.8 Å². The van der Waals surface area contributed by atoms with Gasteiger partial charge in [0.05, 0.1) is 5.52 Å². The van der Waals surface area contributed by atoms with E-state index in [9.17, 15) is 5.11 Å². The molecule has 0 radical (unpaired) electrons. The number of pyridine rings is 1. The lowest BCUT2D eigenvalue weighted by Gasteiger charge is -2.04. The van der Waals surface area contributed by atoms with Crippen molar-refractivity contribution in [1.29, 1.82) is 0 Å². The van der Waals surface area contributed by atoms with Gasteiger partial charge in [0.15, 0.2) is 0 Å². The van der Waals surface area contributed by atoms with Crippen molar-refractivity contribution in [1.82, 2.24) is 4.98 Å². The number of benzene rings is 2. The normalized spacial score (nSPS) is 10.7. The molecule has 2 aromatic carbocycles. The zero-order valence-corrected chi connectivity index (χ0v) is 10.2. The van der Waals surface area contributed by atoms with Crippen LogP contribution in [0, 0.1) is 0 Å². The van der Waals surface area contributed by atoms with Gasteiger partial charge < -0.3 is 5.11 Å². The molecule has 0 aliphatic carbocycles. The van der Waals surface area contributed by atoms with E-state index in [1.165, 1.54) is 0 Å². The summed E-state index contributed by atoms with van der Waals surface area (Å²) in [6, 6.07) is 14.8. The van der Waals surface area contributed by atoms with Gasteiger partial charge in [-0.3, -0.25) is 4.98 Å². The number of fused-ring (bicyclic) bond motifs is 1. The Labute approximate surface area is 109 Å². The van der Waals surface area contributed by atoms with Gasteiger partial charge in [0.2, 0.25) is 0 Å². The molecule has 3 rings (SSSR count). The van der Waals surface area contributed by atoms with Crippen LogP contribution in [0.15, 0.2) is 54.7 Å². The van der Waals surface area contributed by atoms with Crippen molar-refractivity contribution in [2.75, 3.05) is 0 Å². The predicted molar refractivity (Wildman–Crippen MR) is 73.9 cm³/mol. The quantitative estimate of drug-likeness (QED) is 0.705. The lowest BCUT2D eigenvalue weighted by molar-refractivity contribution is 0.476. The number of phenols is 1. The van der Waals surface area contributed by atoms with Crippen molar-refractivity contribution < 1.29 is 5.11 Å². The number of hydrogen-bond acceptors (Lipinski definition) is 2. The maximum Gasteiger partial charge on any atom is 0.116 e. The van der Waals surface area contributed by atoms with E-state index in [2.05, 4.69) is 4.98 Å². The van der Waals surface area contributed by atoms with Gasteiger partial charge in [0.1, 0.15) is 5.75 Å². The van der Waals surface area contributed by atoms with Gasteiger partial charge in [0.25, 0.3) is 0 Å². The van der Waals surface area contributed by atoms with Crippen molar-refractivity contribution in [2.45, 2.75) is 0 Å². The molecular weight excluding hydrogens is 246 g/mol. The maximum absolute atomic E-state index is 9.49. The van der Waals surface area contributed by atoms with E-state index in [4.69, 9.17) is 11.6 Å². The van der Waals surface area contributed by atoms with E-state index in [0.29, 0.717) is 5.02 Å². The number of halogens is 1. The van der Waals surface area contributed by atoms with Crippen LogP contribution in [-0.4, -0.2) is 10.1 Å². The van der Waals surface area contributed by atoms with Crippen LogP contribution in [0.4, 0.5) is 0 Å². The summed E-state index contributed by atoms with van der Waals surface area (Å²) in [5.41, 5.74) is 2.86. The van der Waals surface area contributed by atoms with E-state index in [1.54, 1.807) is 18.2 Å². The summed E-state index contributed by atoms with van der Waals surface area (Å²) in [7, 11) is 0. The van der Waals surface area contributed by atoms with Crippen LogP contribution >= 0.6 is 11.6 Å². The molecule has 18 heavy (non-hydrogen) atoms. The molecule has 3 aromatic rings. The minimum Gasteiger partial charge on any atom is -0.508 e. The molecule has 0 spiro atoms. The lowest BCUT2D eigenvalue weighted by atomic mass is 10.1. The second-order valence-corrected chi connectivity index (χ2v) is 4.55. The van der Waals surface area contributed by atoms with Gasteiger partial charge in [0, 0.05) is 22.2 Å². The summed E-state index contributed by atoms with van der Waals surface area (Å²) in [5.74, 6) is 0.243. The Morgan fingerprint density at radius 2 is 1.83 bits per heavy atom. The monoisotopic (exact) mass is 255 g/mol. The van der Waals surface area contributed by atoms with Gasteiger partial charge >= 0.3 is 0 Å². The molecule has 0 atom stereocenters. The molecule has 88 valence electrons. The maximum atomic E-state index is 9.49. The molecule has 1 N–H and O–H groups in total. The number of aromatic nitrogens is 1. The standard InChI is InChI=1S/C15H10ClNO/c16-13-3-1-2-10(7-13)12-6-11-8-14(18)4-5-15(11)17-9-12/h1-9,18H. The minimum atomic E-state index is 0.243. The van der Waals surface area contributed by atoms with Gasteiger partial charge in [-0.25, -0.2) is 0 Å². The Morgan fingerprint density at radius 3 is 2.67 bits per heavy atom. The second kappa shape index (κ2) is 4.31. The van der Waals surface area contributed by atoms with Gasteiger partial charge in [-0.2, -0.15) is 0 Å². The zero-order chi connectivity index (χ0) is 12.5. The molecule has 0 aliphatic rings. The molecule has 0 aliphatic heterocycles. The molecule has 0 unspecified atom stereocenters. The lowest BCUT2D eigenvalue weighted by Crippen LogP contribution is -1.83. The van der Waals surface area contributed by atoms with E-state index in [0.717, 1.165) is 22.0 Å². The fraction of sp³-hybridized carbons (Fsp3) is 0. The van der Waals surface area contributed by atoms with Crippen LogP contribution < -0.4 is 0 Å². The predicted octanol–water partition coefficient (Wildman–Crippen LogP) is 4.26. The second-order valence-electron chi connectivity index (χ2n) is 4.11. The van der Waals surface area contributed by atoms with Crippen molar-refractivity contribution in [3.63, 3.8) is 0 Å². The first kappa shape index (κ1) is 11.1. The fourth-order valence-electron chi connectivity index (χ4n) is 1.94. The highest BCUT2D eigenvalue weighted by molar-refractivity contribution is 6.30. The minimum absolute atomic E-state index is 0.243. The summed E-state index contributed by atoms with van der Waals surface area (Å²) in [6.07, 6.45) is 1.81. The number of hydrogen-bond donors (Lipinski definition) is 1. The van der Waals surface area contributed by atoms with Gasteiger partial charge in [-0.05, 0) is 42.0 Å². The van der Waals surface area contributed by atoms with E-state index in [-0.39, 0.29) is 5.75 Å². The Balaban J connectivity index is 2.18. The highest BCUT2D eigenvalue weighted by Crippen LogP contribution is 2.26. The number of aromatic hydroxyl groups is 1. The molecular formula is C15H10ClNO. The zero-order valence-electron chi connectivity index (χ0n) is 9.47. The number of nitrogens with zero attached hydrogens (tertiary/aromatic N) is 1. The fourth-order valence-corrected chi connectivity index (χ4v) is 2.14. The third kappa shape index (κ3) is 2.03. The van der Waals surface area contributed by atoms with Crippen LogP contribution in [0.25, 0.3) is 22.0 Å². The molecule has 0 amide bonds.